The number of methoxy groups -OCH3 is 1. The molecule has 0 unspecified atom stereocenters. The smallest absolute Gasteiger partial charge is 0.193 e. The number of aliphatic imine (C=N–C) groups is 1. The number of hydrogen-bond donors (Lipinski definition) is 1. The minimum Gasteiger partial charge on any atom is -0.383 e. The van der Waals surface area contributed by atoms with E-state index < -0.39 is 0 Å². The summed E-state index contributed by atoms with van der Waals surface area (Å²) in [6, 6.07) is 0. The minimum atomic E-state index is 0. The van der Waals surface area contributed by atoms with E-state index in [-0.39, 0.29) is 24.0 Å². The summed E-state index contributed by atoms with van der Waals surface area (Å²) >= 11 is 0. The van der Waals surface area contributed by atoms with Crippen molar-refractivity contribution in [3.8, 4) is 0 Å². The highest BCUT2D eigenvalue weighted by molar-refractivity contribution is 14.0. The van der Waals surface area contributed by atoms with Gasteiger partial charge in [-0.1, -0.05) is 13.3 Å². The first-order valence-electron chi connectivity index (χ1n) is 6.75. The first-order valence-corrected chi connectivity index (χ1v) is 6.75. The zero-order chi connectivity index (χ0) is 13.8. The minimum absolute atomic E-state index is 0. The van der Waals surface area contributed by atoms with Gasteiger partial charge in [0.1, 0.15) is 0 Å². The molecule has 0 saturated heterocycles. The molecule has 0 rings (SSSR count). The molecule has 0 amide bonds. The van der Waals surface area contributed by atoms with Crippen LogP contribution in [-0.2, 0) is 4.74 Å². The molecule has 0 radical (unpaired) electrons. The maximum atomic E-state index is 5.05. The number of nitrogens with zero attached hydrogens (tertiary/aromatic N) is 3. The fourth-order valence-corrected chi connectivity index (χ4v) is 1.60. The highest BCUT2D eigenvalue weighted by atomic mass is 127. The van der Waals surface area contributed by atoms with Gasteiger partial charge in [0.25, 0.3) is 0 Å². The van der Waals surface area contributed by atoms with Crippen molar-refractivity contribution in [1.29, 1.82) is 0 Å². The van der Waals surface area contributed by atoms with Crippen molar-refractivity contribution in [1.82, 2.24) is 15.1 Å². The van der Waals surface area contributed by atoms with E-state index in [0.717, 1.165) is 38.7 Å². The Hall–Kier alpha value is -0.0800. The van der Waals surface area contributed by atoms with Crippen LogP contribution in [0.2, 0.25) is 0 Å². The molecular formula is C13H31IN4O. The van der Waals surface area contributed by atoms with Crippen molar-refractivity contribution < 1.29 is 4.74 Å². The monoisotopic (exact) mass is 386 g/mol. The van der Waals surface area contributed by atoms with Gasteiger partial charge in [0.15, 0.2) is 5.96 Å². The number of rotatable bonds is 9. The van der Waals surface area contributed by atoms with Crippen LogP contribution in [0.4, 0.5) is 0 Å². The van der Waals surface area contributed by atoms with Crippen molar-refractivity contribution in [2.24, 2.45) is 4.99 Å². The first-order chi connectivity index (χ1) is 8.65. The summed E-state index contributed by atoms with van der Waals surface area (Å²) in [5, 5.41) is 3.38. The lowest BCUT2D eigenvalue weighted by Crippen LogP contribution is -2.42. The van der Waals surface area contributed by atoms with Gasteiger partial charge >= 0.3 is 0 Å². The van der Waals surface area contributed by atoms with Crippen LogP contribution in [0, 0.1) is 0 Å². The molecule has 0 saturated carbocycles. The Morgan fingerprint density at radius 3 is 2.42 bits per heavy atom. The second-order valence-electron chi connectivity index (χ2n) is 4.55. The molecule has 0 aromatic heterocycles. The molecular weight excluding hydrogens is 355 g/mol. The SMILES string of the molecule is CCCCN(C)C(=NC)NCCN(C)CCOC.I. The Kier molecular flexibility index (Phi) is 16.0. The quantitative estimate of drug-likeness (QED) is 0.370. The molecule has 0 aromatic rings. The van der Waals surface area contributed by atoms with Crippen molar-refractivity contribution >= 4 is 29.9 Å². The van der Waals surface area contributed by atoms with E-state index in [1.807, 2.05) is 7.05 Å². The number of nitrogens with one attached hydrogen (secondary N) is 1. The Balaban J connectivity index is 0. The number of hydrogen-bond acceptors (Lipinski definition) is 3. The Morgan fingerprint density at radius 2 is 1.89 bits per heavy atom. The summed E-state index contributed by atoms with van der Waals surface area (Å²) in [6.45, 7) is 6.89. The Labute approximate surface area is 135 Å². The summed E-state index contributed by atoms with van der Waals surface area (Å²) in [5.41, 5.74) is 0. The van der Waals surface area contributed by atoms with E-state index in [9.17, 15) is 0 Å². The Bertz CT molecular complexity index is 227. The van der Waals surface area contributed by atoms with Crippen molar-refractivity contribution in [2.75, 3.05) is 61.0 Å². The van der Waals surface area contributed by atoms with Crippen molar-refractivity contribution in [3.63, 3.8) is 0 Å². The molecule has 5 nitrogen and oxygen atoms in total. The van der Waals surface area contributed by atoms with E-state index in [4.69, 9.17) is 4.74 Å². The second kappa shape index (κ2) is 14.3. The molecule has 0 aliphatic rings. The number of ether oxygens (including phenoxy) is 1. The average molecular weight is 386 g/mol. The van der Waals surface area contributed by atoms with Gasteiger partial charge in [-0.15, -0.1) is 24.0 Å². The zero-order valence-electron chi connectivity index (χ0n) is 13.1. The lowest BCUT2D eigenvalue weighted by molar-refractivity contribution is 0.162. The second-order valence-corrected chi connectivity index (χ2v) is 4.55. The maximum Gasteiger partial charge on any atom is 0.193 e. The van der Waals surface area contributed by atoms with E-state index in [1.54, 1.807) is 7.11 Å². The molecule has 0 aromatic carbocycles. The number of unbranched alkanes of at least 4 members (excludes halogenated alkanes) is 1. The number of halogens is 1. The Morgan fingerprint density at radius 1 is 1.21 bits per heavy atom. The van der Waals surface area contributed by atoms with Crippen LogP contribution in [0.1, 0.15) is 19.8 Å². The molecule has 0 aliphatic carbocycles. The third-order valence-corrected chi connectivity index (χ3v) is 2.87. The van der Waals surface area contributed by atoms with Crippen molar-refractivity contribution in [2.45, 2.75) is 19.8 Å². The van der Waals surface area contributed by atoms with Crippen LogP contribution in [0.25, 0.3) is 0 Å². The molecule has 0 atom stereocenters. The van der Waals surface area contributed by atoms with Crippen LogP contribution >= 0.6 is 24.0 Å². The van der Waals surface area contributed by atoms with Crippen LogP contribution in [0.5, 0.6) is 0 Å². The topological polar surface area (TPSA) is 40.1 Å². The van der Waals surface area contributed by atoms with Gasteiger partial charge in [-0.2, -0.15) is 0 Å². The van der Waals surface area contributed by atoms with Crippen LogP contribution in [-0.4, -0.2) is 76.8 Å². The molecule has 0 fully saturated rings. The van der Waals surface area contributed by atoms with Gasteiger partial charge in [0.05, 0.1) is 6.61 Å². The van der Waals surface area contributed by atoms with Gasteiger partial charge in [-0.25, -0.2) is 0 Å². The van der Waals surface area contributed by atoms with E-state index >= 15 is 0 Å². The van der Waals surface area contributed by atoms with Gasteiger partial charge < -0.3 is 19.9 Å². The average Bonchev–Trinajstić information content (AvgIpc) is 2.38. The highest BCUT2D eigenvalue weighted by Crippen LogP contribution is 1.92. The zero-order valence-corrected chi connectivity index (χ0v) is 15.4. The third-order valence-electron chi connectivity index (χ3n) is 2.87. The fourth-order valence-electron chi connectivity index (χ4n) is 1.60. The van der Waals surface area contributed by atoms with Gasteiger partial charge in [0.2, 0.25) is 0 Å². The summed E-state index contributed by atoms with van der Waals surface area (Å²) in [6.07, 6.45) is 2.41. The van der Waals surface area contributed by atoms with E-state index in [1.165, 1.54) is 12.8 Å². The molecule has 0 bridgehead atoms. The first kappa shape index (κ1) is 21.2. The van der Waals surface area contributed by atoms with Gasteiger partial charge in [0, 0.05) is 47.4 Å². The van der Waals surface area contributed by atoms with Gasteiger partial charge in [-0.05, 0) is 13.5 Å². The van der Waals surface area contributed by atoms with Crippen LogP contribution in [0.3, 0.4) is 0 Å². The van der Waals surface area contributed by atoms with Crippen LogP contribution < -0.4 is 5.32 Å². The standard InChI is InChI=1S/C13H30N4O.HI/c1-6-7-9-17(4)13(14-2)15-8-10-16(3)11-12-18-5;/h6-12H2,1-5H3,(H,14,15);1H. The summed E-state index contributed by atoms with van der Waals surface area (Å²) in [4.78, 5) is 8.71. The lowest BCUT2D eigenvalue weighted by Gasteiger charge is -2.23. The molecule has 0 heterocycles. The molecule has 116 valence electrons. The largest absolute Gasteiger partial charge is 0.383 e. The lowest BCUT2D eigenvalue weighted by atomic mass is 10.3. The predicted molar refractivity (Wildman–Crippen MR) is 93.7 cm³/mol. The molecule has 1 N–H and O–H groups in total. The normalized spacial score (nSPS) is 11.4. The highest BCUT2D eigenvalue weighted by Gasteiger charge is 2.04. The van der Waals surface area contributed by atoms with E-state index in [0.29, 0.717) is 0 Å². The molecule has 19 heavy (non-hydrogen) atoms. The van der Waals surface area contributed by atoms with Crippen molar-refractivity contribution in [3.05, 3.63) is 0 Å². The van der Waals surface area contributed by atoms with Gasteiger partial charge in [-0.3, -0.25) is 4.99 Å². The van der Waals surface area contributed by atoms with Crippen LogP contribution in [0.15, 0.2) is 4.99 Å². The summed E-state index contributed by atoms with van der Waals surface area (Å²) in [7, 11) is 7.75. The number of guanidine groups is 1. The summed E-state index contributed by atoms with van der Waals surface area (Å²) in [5.74, 6) is 0.976. The predicted octanol–water partition coefficient (Wildman–Crippen LogP) is 1.49. The third kappa shape index (κ3) is 11.4. The maximum absolute atomic E-state index is 5.05. The number of likely N-dealkylation sites (N-methyl/N-ethyl adjacent to an activating group) is 1. The fraction of sp³-hybridized carbons (Fsp3) is 0.923. The molecule has 6 heteroatoms. The molecule has 0 spiro atoms. The summed E-state index contributed by atoms with van der Waals surface area (Å²) < 4.78 is 5.05. The van der Waals surface area contributed by atoms with E-state index in [2.05, 4.69) is 41.1 Å². The molecule has 0 aliphatic heterocycles.